The zero-order chi connectivity index (χ0) is 11.7. The Bertz CT molecular complexity index is 188. The molecule has 0 bridgehead atoms. The van der Waals surface area contributed by atoms with Gasteiger partial charge in [-0.25, -0.2) is 4.99 Å². The number of ether oxygens (including phenoxy) is 2. The summed E-state index contributed by atoms with van der Waals surface area (Å²) in [6.45, 7) is 6.75. The van der Waals surface area contributed by atoms with Crippen LogP contribution in [0, 0.1) is 0 Å². The maximum absolute atomic E-state index is 5.47. The fourth-order valence-corrected chi connectivity index (χ4v) is 1.58. The second-order valence-electron chi connectivity index (χ2n) is 3.14. The van der Waals surface area contributed by atoms with Crippen LogP contribution >= 0.6 is 11.8 Å². The molecule has 0 aromatic rings. The molecule has 0 saturated carbocycles. The quantitative estimate of drug-likeness (QED) is 0.432. The third kappa shape index (κ3) is 6.76. The second kappa shape index (κ2) is 9.00. The van der Waals surface area contributed by atoms with Gasteiger partial charge in [-0.2, -0.15) is 0 Å². The van der Waals surface area contributed by atoms with E-state index in [-0.39, 0.29) is 12.1 Å². The lowest BCUT2D eigenvalue weighted by Gasteiger charge is -2.17. The van der Waals surface area contributed by atoms with Crippen molar-refractivity contribution < 1.29 is 9.47 Å². The topological polar surface area (TPSA) is 42.9 Å². The predicted molar refractivity (Wildman–Crippen MR) is 66.5 cm³/mol. The molecule has 0 rings (SSSR count). The first-order valence-corrected chi connectivity index (χ1v) is 6.15. The summed E-state index contributed by atoms with van der Waals surface area (Å²) >= 11 is 1.55. The van der Waals surface area contributed by atoms with E-state index in [1.165, 1.54) is 0 Å². The molecule has 1 unspecified atom stereocenters. The Hall–Kier alpha value is -0.260. The van der Waals surface area contributed by atoms with Crippen LogP contribution in [0.5, 0.6) is 0 Å². The molecule has 4 nitrogen and oxygen atoms in total. The minimum Gasteiger partial charge on any atom is -0.476 e. The Kier molecular flexibility index (Phi) is 8.85. The number of rotatable bonds is 6. The first-order valence-electron chi connectivity index (χ1n) is 5.16. The molecule has 1 N–H and O–H groups in total. The molecular formula is C10H22N2O2S. The highest BCUT2D eigenvalue weighted by Crippen LogP contribution is 2.09. The van der Waals surface area contributed by atoms with E-state index in [4.69, 9.17) is 9.47 Å². The largest absolute Gasteiger partial charge is 0.476 e. The van der Waals surface area contributed by atoms with Crippen LogP contribution in [0.25, 0.3) is 0 Å². The minimum atomic E-state index is 0.115. The van der Waals surface area contributed by atoms with E-state index in [0.717, 1.165) is 5.88 Å². The molecule has 0 aliphatic rings. The zero-order valence-corrected chi connectivity index (χ0v) is 11.1. The van der Waals surface area contributed by atoms with Gasteiger partial charge < -0.3 is 14.8 Å². The van der Waals surface area contributed by atoms with Crippen LogP contribution in [-0.2, 0) is 9.47 Å². The van der Waals surface area contributed by atoms with E-state index in [1.807, 2.05) is 27.8 Å². The summed E-state index contributed by atoms with van der Waals surface area (Å²) in [5, 5.41) is 3.73. The molecule has 0 aromatic heterocycles. The Morgan fingerprint density at radius 1 is 1.47 bits per heavy atom. The Labute approximate surface area is 96.8 Å². The standard InChI is InChI=1S/C10H22N2O2S/c1-6-14-9(3)8(2)12-10(13-5)15-7-11-4/h8-9,11H,6-7H2,1-5H3/t8?,9-/m0/s1. The van der Waals surface area contributed by atoms with Gasteiger partial charge in [0, 0.05) is 6.61 Å². The summed E-state index contributed by atoms with van der Waals surface area (Å²) in [7, 11) is 3.53. The highest BCUT2D eigenvalue weighted by molar-refractivity contribution is 8.13. The van der Waals surface area contributed by atoms with E-state index in [9.17, 15) is 0 Å². The van der Waals surface area contributed by atoms with Gasteiger partial charge in [0.05, 0.1) is 25.1 Å². The van der Waals surface area contributed by atoms with Crippen molar-refractivity contribution in [3.8, 4) is 0 Å². The van der Waals surface area contributed by atoms with Gasteiger partial charge in [0.2, 0.25) is 5.23 Å². The maximum Gasteiger partial charge on any atom is 0.247 e. The van der Waals surface area contributed by atoms with Gasteiger partial charge in [0.1, 0.15) is 0 Å². The van der Waals surface area contributed by atoms with E-state index >= 15 is 0 Å². The number of methoxy groups -OCH3 is 1. The smallest absolute Gasteiger partial charge is 0.247 e. The zero-order valence-electron chi connectivity index (χ0n) is 10.2. The lowest BCUT2D eigenvalue weighted by molar-refractivity contribution is 0.0620. The van der Waals surface area contributed by atoms with Crippen molar-refractivity contribution in [2.24, 2.45) is 4.99 Å². The molecule has 90 valence electrons. The summed E-state index contributed by atoms with van der Waals surface area (Å²) in [4.78, 5) is 4.44. The maximum atomic E-state index is 5.47. The molecule has 0 aliphatic heterocycles. The molecule has 2 atom stereocenters. The van der Waals surface area contributed by atoms with Crippen molar-refractivity contribution in [1.82, 2.24) is 5.32 Å². The van der Waals surface area contributed by atoms with Crippen LogP contribution < -0.4 is 5.32 Å². The Morgan fingerprint density at radius 2 is 2.13 bits per heavy atom. The first-order chi connectivity index (χ1) is 7.15. The normalized spacial score (nSPS) is 16.2. The van der Waals surface area contributed by atoms with E-state index < -0.39 is 0 Å². The second-order valence-corrected chi connectivity index (χ2v) is 4.07. The van der Waals surface area contributed by atoms with Crippen molar-refractivity contribution in [1.29, 1.82) is 0 Å². The van der Waals surface area contributed by atoms with Crippen molar-refractivity contribution in [3.63, 3.8) is 0 Å². The van der Waals surface area contributed by atoms with E-state index in [0.29, 0.717) is 11.8 Å². The highest BCUT2D eigenvalue weighted by atomic mass is 32.2. The lowest BCUT2D eigenvalue weighted by Crippen LogP contribution is -2.23. The van der Waals surface area contributed by atoms with Crippen LogP contribution in [0.1, 0.15) is 20.8 Å². The molecule has 0 saturated heterocycles. The monoisotopic (exact) mass is 234 g/mol. The number of aliphatic imine (C=N–C) groups is 1. The molecule has 0 aliphatic carbocycles. The number of hydrogen-bond donors (Lipinski definition) is 1. The van der Waals surface area contributed by atoms with Crippen LogP contribution in [0.15, 0.2) is 4.99 Å². The molecule has 0 fully saturated rings. The number of thioether (sulfide) groups is 1. The van der Waals surface area contributed by atoms with Crippen LogP contribution in [0.3, 0.4) is 0 Å². The van der Waals surface area contributed by atoms with Gasteiger partial charge in [-0.3, -0.25) is 0 Å². The summed E-state index contributed by atoms with van der Waals surface area (Å²) in [6, 6.07) is 0.115. The molecule has 0 spiro atoms. The predicted octanol–water partition coefficient (Wildman–Crippen LogP) is 1.71. The number of nitrogens with one attached hydrogen (secondary N) is 1. The average Bonchev–Trinajstić information content (AvgIpc) is 2.24. The molecule has 0 radical (unpaired) electrons. The number of nitrogens with zero attached hydrogens (tertiary/aromatic N) is 1. The minimum absolute atomic E-state index is 0.115. The van der Waals surface area contributed by atoms with Crippen molar-refractivity contribution >= 4 is 17.0 Å². The van der Waals surface area contributed by atoms with E-state index in [1.54, 1.807) is 18.9 Å². The van der Waals surface area contributed by atoms with Gasteiger partial charge in [-0.05, 0) is 27.8 Å². The lowest BCUT2D eigenvalue weighted by atomic mass is 10.2. The van der Waals surface area contributed by atoms with Gasteiger partial charge in [-0.1, -0.05) is 11.8 Å². The van der Waals surface area contributed by atoms with Gasteiger partial charge in [-0.15, -0.1) is 0 Å². The SMILES string of the molecule is CCO[C@@H](C)C(C)N=C(OC)SCNC. The fraction of sp³-hybridized carbons (Fsp3) is 0.900. The van der Waals surface area contributed by atoms with Crippen LogP contribution in [0.4, 0.5) is 0 Å². The Morgan fingerprint density at radius 3 is 2.60 bits per heavy atom. The third-order valence-electron chi connectivity index (χ3n) is 1.93. The summed E-state index contributed by atoms with van der Waals surface area (Å²) in [5.74, 6) is 0.794. The molecular weight excluding hydrogens is 212 g/mol. The van der Waals surface area contributed by atoms with Crippen LogP contribution in [-0.4, -0.2) is 44.0 Å². The van der Waals surface area contributed by atoms with Gasteiger partial charge >= 0.3 is 0 Å². The molecule has 5 heteroatoms. The summed E-state index contributed by atoms with van der Waals surface area (Å²) < 4.78 is 10.6. The van der Waals surface area contributed by atoms with Crippen molar-refractivity contribution in [2.45, 2.75) is 32.9 Å². The molecule has 0 heterocycles. The molecule has 15 heavy (non-hydrogen) atoms. The number of hydrogen-bond acceptors (Lipinski definition) is 5. The fourth-order valence-electron chi connectivity index (χ4n) is 0.956. The van der Waals surface area contributed by atoms with E-state index in [2.05, 4.69) is 10.3 Å². The average molecular weight is 234 g/mol. The van der Waals surface area contributed by atoms with Crippen molar-refractivity contribution in [3.05, 3.63) is 0 Å². The highest BCUT2D eigenvalue weighted by Gasteiger charge is 2.12. The molecule has 0 aromatic carbocycles. The first kappa shape index (κ1) is 14.7. The van der Waals surface area contributed by atoms with Gasteiger partial charge in [0.25, 0.3) is 0 Å². The molecule has 0 amide bonds. The van der Waals surface area contributed by atoms with Gasteiger partial charge in [0.15, 0.2) is 0 Å². The summed E-state index contributed by atoms with van der Waals surface area (Å²) in [6.07, 6.45) is 0.121. The Balaban J connectivity index is 4.14. The third-order valence-corrected chi connectivity index (χ3v) is 2.88. The van der Waals surface area contributed by atoms with Crippen LogP contribution in [0.2, 0.25) is 0 Å². The summed E-state index contributed by atoms with van der Waals surface area (Å²) in [5.41, 5.74) is 0. The van der Waals surface area contributed by atoms with Crippen molar-refractivity contribution in [2.75, 3.05) is 26.6 Å².